The molecule has 2 aromatic heterocycles. The minimum Gasteiger partial charge on any atom is -0.492 e. The van der Waals surface area contributed by atoms with Crippen LogP contribution in [0, 0.1) is 6.92 Å². The van der Waals surface area contributed by atoms with E-state index in [0.717, 1.165) is 21.8 Å². The number of aryl methyl sites for hydroxylation is 1. The van der Waals surface area contributed by atoms with Crippen LogP contribution in [0.5, 0.6) is 5.75 Å². The van der Waals surface area contributed by atoms with E-state index in [0.29, 0.717) is 13.2 Å². The molecule has 0 aliphatic rings. The summed E-state index contributed by atoms with van der Waals surface area (Å²) in [5.41, 5.74) is 5.74. The monoisotopic (exact) mass is 300 g/mol. The fourth-order valence-electron chi connectivity index (χ4n) is 2.05. The number of fused-ring (bicyclic) bond motifs is 1. The predicted octanol–water partition coefficient (Wildman–Crippen LogP) is 3.07. The number of hydrogen-bond donors (Lipinski definition) is 2. The lowest BCUT2D eigenvalue weighted by atomic mass is 10.3. The summed E-state index contributed by atoms with van der Waals surface area (Å²) in [6.07, 6.45) is 0. The van der Waals surface area contributed by atoms with Gasteiger partial charge in [0.25, 0.3) is 0 Å². The van der Waals surface area contributed by atoms with E-state index in [4.69, 9.17) is 10.5 Å². The van der Waals surface area contributed by atoms with Crippen molar-refractivity contribution in [2.24, 2.45) is 0 Å². The molecule has 3 aromatic rings. The van der Waals surface area contributed by atoms with E-state index in [1.165, 1.54) is 4.88 Å². The largest absolute Gasteiger partial charge is 0.492 e. The molecule has 3 rings (SSSR count). The maximum Gasteiger partial charge on any atom is 0.223 e. The number of thiophene rings is 1. The van der Waals surface area contributed by atoms with Crippen LogP contribution in [0.3, 0.4) is 0 Å². The summed E-state index contributed by atoms with van der Waals surface area (Å²) >= 11 is 1.61. The van der Waals surface area contributed by atoms with Crippen LogP contribution >= 0.6 is 11.3 Å². The molecule has 0 spiro atoms. The standard InChI is InChI=1S/C15H16N4OS/c1-10-9-12-13(18-15(16)19-14(12)21-10)17-7-8-20-11-5-3-2-4-6-11/h2-6,9H,7-8H2,1H3,(H3,16,17,18,19). The van der Waals surface area contributed by atoms with Crippen molar-refractivity contribution in [2.75, 3.05) is 24.2 Å². The maximum atomic E-state index is 5.74. The van der Waals surface area contributed by atoms with E-state index < -0.39 is 0 Å². The van der Waals surface area contributed by atoms with Crippen LogP contribution in [0.2, 0.25) is 0 Å². The van der Waals surface area contributed by atoms with Gasteiger partial charge < -0.3 is 15.8 Å². The van der Waals surface area contributed by atoms with E-state index in [9.17, 15) is 0 Å². The molecule has 108 valence electrons. The summed E-state index contributed by atoms with van der Waals surface area (Å²) < 4.78 is 5.64. The summed E-state index contributed by atoms with van der Waals surface area (Å²) in [7, 11) is 0. The molecule has 5 nitrogen and oxygen atoms in total. The first-order valence-corrected chi connectivity index (χ1v) is 7.49. The summed E-state index contributed by atoms with van der Waals surface area (Å²) in [5.74, 6) is 1.91. The van der Waals surface area contributed by atoms with Crippen LogP contribution in [0.4, 0.5) is 11.8 Å². The Morgan fingerprint density at radius 2 is 2.05 bits per heavy atom. The lowest BCUT2D eigenvalue weighted by Gasteiger charge is -2.09. The van der Waals surface area contributed by atoms with E-state index in [1.807, 2.05) is 37.3 Å². The Morgan fingerprint density at radius 1 is 1.24 bits per heavy atom. The summed E-state index contributed by atoms with van der Waals surface area (Å²) in [6.45, 7) is 3.25. The molecule has 0 atom stereocenters. The topological polar surface area (TPSA) is 73.1 Å². The molecular weight excluding hydrogens is 284 g/mol. The number of ether oxygens (including phenoxy) is 1. The van der Waals surface area contributed by atoms with Crippen LogP contribution in [0.15, 0.2) is 36.4 Å². The molecule has 3 N–H and O–H groups in total. The smallest absolute Gasteiger partial charge is 0.223 e. The molecule has 6 heteroatoms. The van der Waals surface area contributed by atoms with Crippen LogP contribution in [0.1, 0.15) is 4.88 Å². The Bertz CT molecular complexity index is 742. The third-order valence-electron chi connectivity index (χ3n) is 2.94. The SMILES string of the molecule is Cc1cc2c(NCCOc3ccccc3)nc(N)nc2s1. The zero-order valence-corrected chi connectivity index (χ0v) is 12.5. The van der Waals surface area contributed by atoms with Crippen LogP contribution in [0.25, 0.3) is 10.2 Å². The van der Waals surface area contributed by atoms with Gasteiger partial charge in [0.1, 0.15) is 23.0 Å². The number of nitrogens with one attached hydrogen (secondary N) is 1. The number of hydrogen-bond acceptors (Lipinski definition) is 6. The number of anilines is 2. The number of nitrogen functional groups attached to an aromatic ring is 1. The molecule has 2 heterocycles. The zero-order chi connectivity index (χ0) is 14.7. The van der Waals surface area contributed by atoms with Crippen molar-refractivity contribution in [3.8, 4) is 5.75 Å². The molecule has 0 amide bonds. The molecule has 0 radical (unpaired) electrons. The Hall–Kier alpha value is -2.34. The number of para-hydroxylation sites is 1. The molecule has 0 saturated carbocycles. The first-order chi connectivity index (χ1) is 10.2. The van der Waals surface area contributed by atoms with Crippen LogP contribution in [-0.2, 0) is 0 Å². The van der Waals surface area contributed by atoms with Crippen LogP contribution < -0.4 is 15.8 Å². The Balaban J connectivity index is 1.65. The normalized spacial score (nSPS) is 10.7. The van der Waals surface area contributed by atoms with E-state index in [1.54, 1.807) is 11.3 Å². The molecule has 0 unspecified atom stereocenters. The minimum atomic E-state index is 0.288. The Morgan fingerprint density at radius 3 is 2.86 bits per heavy atom. The van der Waals surface area contributed by atoms with Crippen molar-refractivity contribution in [2.45, 2.75) is 6.92 Å². The van der Waals surface area contributed by atoms with Gasteiger partial charge >= 0.3 is 0 Å². The minimum absolute atomic E-state index is 0.288. The molecule has 0 saturated heterocycles. The molecular formula is C15H16N4OS. The van der Waals surface area contributed by atoms with E-state index in [-0.39, 0.29) is 5.95 Å². The van der Waals surface area contributed by atoms with Crippen molar-refractivity contribution in [1.82, 2.24) is 9.97 Å². The number of benzene rings is 1. The fourth-order valence-corrected chi connectivity index (χ4v) is 2.93. The van der Waals surface area contributed by atoms with Gasteiger partial charge in [-0.2, -0.15) is 4.98 Å². The third-order valence-corrected chi connectivity index (χ3v) is 3.88. The van der Waals surface area contributed by atoms with Gasteiger partial charge in [-0.1, -0.05) is 18.2 Å². The number of nitrogens with zero attached hydrogens (tertiary/aromatic N) is 2. The number of aromatic nitrogens is 2. The second-order valence-electron chi connectivity index (χ2n) is 4.59. The van der Waals surface area contributed by atoms with Crippen molar-refractivity contribution < 1.29 is 4.74 Å². The molecule has 21 heavy (non-hydrogen) atoms. The first-order valence-electron chi connectivity index (χ1n) is 6.68. The first kappa shape index (κ1) is 13.6. The highest BCUT2D eigenvalue weighted by Gasteiger charge is 2.08. The molecule has 0 bridgehead atoms. The Kier molecular flexibility index (Phi) is 3.87. The van der Waals surface area contributed by atoms with Gasteiger partial charge in [-0.15, -0.1) is 11.3 Å². The van der Waals surface area contributed by atoms with Crippen molar-refractivity contribution in [3.05, 3.63) is 41.3 Å². The highest BCUT2D eigenvalue weighted by molar-refractivity contribution is 7.18. The van der Waals surface area contributed by atoms with Gasteiger partial charge in [0.15, 0.2) is 0 Å². The van der Waals surface area contributed by atoms with Crippen molar-refractivity contribution in [1.29, 1.82) is 0 Å². The summed E-state index contributed by atoms with van der Waals surface area (Å²) in [6, 6.07) is 11.8. The quantitative estimate of drug-likeness (QED) is 0.708. The Labute approximate surface area is 126 Å². The van der Waals surface area contributed by atoms with Crippen LogP contribution in [-0.4, -0.2) is 23.1 Å². The lowest BCUT2D eigenvalue weighted by molar-refractivity contribution is 0.333. The number of rotatable bonds is 5. The molecule has 0 aliphatic heterocycles. The van der Waals surface area contributed by atoms with Gasteiger partial charge in [0.2, 0.25) is 5.95 Å². The van der Waals surface area contributed by atoms with Gasteiger partial charge in [-0.3, -0.25) is 0 Å². The second-order valence-corrected chi connectivity index (χ2v) is 5.83. The van der Waals surface area contributed by atoms with E-state index >= 15 is 0 Å². The van der Waals surface area contributed by atoms with Gasteiger partial charge in [-0.05, 0) is 25.1 Å². The lowest BCUT2D eigenvalue weighted by Crippen LogP contribution is -2.13. The maximum absolute atomic E-state index is 5.74. The van der Waals surface area contributed by atoms with Gasteiger partial charge in [0, 0.05) is 4.88 Å². The van der Waals surface area contributed by atoms with Gasteiger partial charge in [-0.25, -0.2) is 4.98 Å². The average Bonchev–Trinajstić information content (AvgIpc) is 2.84. The predicted molar refractivity (Wildman–Crippen MR) is 87.0 cm³/mol. The second kappa shape index (κ2) is 5.97. The molecule has 0 aliphatic carbocycles. The van der Waals surface area contributed by atoms with Crippen molar-refractivity contribution >= 4 is 33.3 Å². The highest BCUT2D eigenvalue weighted by atomic mass is 32.1. The summed E-state index contributed by atoms with van der Waals surface area (Å²) in [5, 5.41) is 4.27. The molecule has 0 fully saturated rings. The molecule has 1 aromatic carbocycles. The average molecular weight is 300 g/mol. The van der Waals surface area contributed by atoms with E-state index in [2.05, 4.69) is 21.4 Å². The van der Waals surface area contributed by atoms with Crippen molar-refractivity contribution in [3.63, 3.8) is 0 Å². The summed E-state index contributed by atoms with van der Waals surface area (Å²) in [4.78, 5) is 10.6. The van der Waals surface area contributed by atoms with Gasteiger partial charge in [0.05, 0.1) is 11.9 Å². The highest BCUT2D eigenvalue weighted by Crippen LogP contribution is 2.28. The fraction of sp³-hybridized carbons (Fsp3) is 0.200. The number of nitrogens with two attached hydrogens (primary N) is 1. The third kappa shape index (κ3) is 3.22. The zero-order valence-electron chi connectivity index (χ0n) is 11.7.